The van der Waals surface area contributed by atoms with Crippen molar-refractivity contribution >= 4 is 15.9 Å². The number of nitrogens with two attached hydrogens (primary N) is 1. The van der Waals surface area contributed by atoms with Crippen molar-refractivity contribution in [1.29, 1.82) is 0 Å². The third-order valence-electron chi connectivity index (χ3n) is 2.05. The zero-order valence-electron chi connectivity index (χ0n) is 7.36. The van der Waals surface area contributed by atoms with Crippen molar-refractivity contribution < 1.29 is 13.2 Å². The van der Waals surface area contributed by atoms with Crippen molar-refractivity contribution in [1.82, 2.24) is 10.3 Å². The van der Waals surface area contributed by atoms with Crippen LogP contribution in [0.5, 0.6) is 0 Å². The minimum absolute atomic E-state index is 0.0143. The van der Waals surface area contributed by atoms with Crippen molar-refractivity contribution in [2.24, 2.45) is 5.84 Å². The quantitative estimate of drug-likeness (QED) is 0.293. The molecule has 0 saturated carbocycles. The summed E-state index contributed by atoms with van der Waals surface area (Å²) in [7, 11) is -2.97. The Morgan fingerprint density at radius 1 is 1.62 bits per heavy atom. The third-order valence-corrected chi connectivity index (χ3v) is 3.85. The first-order chi connectivity index (χ1) is 5.96. The molecule has 6 nitrogen and oxygen atoms in total. The van der Waals surface area contributed by atoms with Gasteiger partial charge in [0.25, 0.3) is 0 Å². The number of hydrogen-bond donors (Lipinski definition) is 2. The second-order valence-electron chi connectivity index (χ2n) is 3.11. The molecule has 1 atom stereocenters. The number of nitrogens with one attached hydrogen (secondary N) is 1. The van der Waals surface area contributed by atoms with Crippen LogP contribution in [0.2, 0.25) is 0 Å². The molecular formula is C6H13N3O3S. The molecule has 0 spiro atoms. The maximum absolute atomic E-state index is 11.1. The third kappa shape index (κ3) is 2.31. The van der Waals surface area contributed by atoms with Gasteiger partial charge in [0.05, 0.1) is 11.5 Å². The zero-order valence-corrected chi connectivity index (χ0v) is 8.17. The lowest BCUT2D eigenvalue weighted by Crippen LogP contribution is -2.54. The molecule has 0 aromatic rings. The summed E-state index contributed by atoms with van der Waals surface area (Å²) in [6.45, 7) is 1.90. The Kier molecular flexibility index (Phi) is 2.77. The molecule has 1 saturated heterocycles. The lowest BCUT2D eigenvalue weighted by Gasteiger charge is -2.32. The van der Waals surface area contributed by atoms with Crippen LogP contribution in [0, 0.1) is 0 Å². The van der Waals surface area contributed by atoms with E-state index < -0.39 is 15.9 Å². The van der Waals surface area contributed by atoms with Crippen molar-refractivity contribution in [3.05, 3.63) is 0 Å². The highest BCUT2D eigenvalue weighted by Gasteiger charge is 2.30. The van der Waals surface area contributed by atoms with E-state index in [1.54, 1.807) is 6.92 Å². The molecule has 1 aliphatic rings. The van der Waals surface area contributed by atoms with E-state index >= 15 is 0 Å². The monoisotopic (exact) mass is 207 g/mol. The van der Waals surface area contributed by atoms with E-state index in [2.05, 4.69) is 0 Å². The Hall–Kier alpha value is -0.820. The van der Waals surface area contributed by atoms with Gasteiger partial charge in [0.1, 0.15) is 0 Å². The Morgan fingerprint density at radius 2 is 2.23 bits per heavy atom. The predicted octanol–water partition coefficient (Wildman–Crippen LogP) is -1.31. The van der Waals surface area contributed by atoms with Crippen LogP contribution in [0.1, 0.15) is 6.92 Å². The standard InChI is InChI=1S/C6H13N3O3S/c1-5-4-13(11,12)3-2-9(5)6(10)8-7/h5H,2-4,7H2,1H3,(H,8,10). The highest BCUT2D eigenvalue weighted by molar-refractivity contribution is 7.91. The Bertz CT molecular complexity index is 300. The number of nitrogens with zero attached hydrogens (tertiary/aromatic N) is 1. The molecule has 1 fully saturated rings. The number of amides is 2. The van der Waals surface area contributed by atoms with Crippen LogP contribution in [0.4, 0.5) is 4.79 Å². The van der Waals surface area contributed by atoms with E-state index in [1.165, 1.54) is 4.90 Å². The maximum atomic E-state index is 11.1. The molecule has 0 aromatic heterocycles. The first-order valence-electron chi connectivity index (χ1n) is 3.94. The van der Waals surface area contributed by atoms with Gasteiger partial charge < -0.3 is 4.90 Å². The second kappa shape index (κ2) is 3.51. The van der Waals surface area contributed by atoms with E-state index in [4.69, 9.17) is 5.84 Å². The SMILES string of the molecule is CC1CS(=O)(=O)CCN1C(=O)NN. The summed E-state index contributed by atoms with van der Waals surface area (Å²) in [6.07, 6.45) is 0. The molecule has 1 aliphatic heterocycles. The van der Waals surface area contributed by atoms with Crippen LogP contribution >= 0.6 is 0 Å². The van der Waals surface area contributed by atoms with Crippen LogP contribution < -0.4 is 11.3 Å². The minimum Gasteiger partial charge on any atom is -0.319 e. The highest BCUT2D eigenvalue weighted by Crippen LogP contribution is 2.10. The summed E-state index contributed by atoms with van der Waals surface area (Å²) in [6, 6.07) is -0.732. The molecule has 7 heteroatoms. The molecule has 0 aromatic carbocycles. The fourth-order valence-corrected chi connectivity index (χ4v) is 2.94. The number of rotatable bonds is 0. The van der Waals surface area contributed by atoms with Gasteiger partial charge in [-0.15, -0.1) is 0 Å². The van der Waals surface area contributed by atoms with Gasteiger partial charge in [-0.25, -0.2) is 19.1 Å². The molecule has 0 bridgehead atoms. The summed E-state index contributed by atoms with van der Waals surface area (Å²) in [5.74, 6) is 4.97. The van der Waals surface area contributed by atoms with Gasteiger partial charge in [-0.2, -0.15) is 0 Å². The zero-order chi connectivity index (χ0) is 10.1. The second-order valence-corrected chi connectivity index (χ2v) is 5.33. The smallest absolute Gasteiger partial charge is 0.319 e. The van der Waals surface area contributed by atoms with E-state index in [0.717, 1.165) is 0 Å². The van der Waals surface area contributed by atoms with E-state index in [-0.39, 0.29) is 24.1 Å². The Labute approximate surface area is 77.0 Å². The number of hydrogen-bond acceptors (Lipinski definition) is 4. The number of carbonyl (C=O) groups is 1. The number of carbonyl (C=O) groups excluding carboxylic acids is 1. The van der Waals surface area contributed by atoms with Crippen LogP contribution in [0.25, 0.3) is 0 Å². The summed E-state index contributed by atoms with van der Waals surface area (Å²) in [5.41, 5.74) is 1.98. The molecule has 13 heavy (non-hydrogen) atoms. The average molecular weight is 207 g/mol. The van der Waals surface area contributed by atoms with Crippen LogP contribution in [0.3, 0.4) is 0 Å². The largest absolute Gasteiger partial charge is 0.331 e. The fraction of sp³-hybridized carbons (Fsp3) is 0.833. The van der Waals surface area contributed by atoms with Gasteiger partial charge in [0, 0.05) is 12.6 Å². The number of hydrazine groups is 1. The topological polar surface area (TPSA) is 92.5 Å². The first-order valence-corrected chi connectivity index (χ1v) is 5.76. The van der Waals surface area contributed by atoms with Crippen LogP contribution in [-0.2, 0) is 9.84 Å². The summed E-state index contributed by atoms with van der Waals surface area (Å²) in [4.78, 5) is 12.5. The van der Waals surface area contributed by atoms with Gasteiger partial charge in [0.15, 0.2) is 9.84 Å². The van der Waals surface area contributed by atoms with Crippen molar-refractivity contribution in [3.63, 3.8) is 0 Å². The van der Waals surface area contributed by atoms with Gasteiger partial charge in [-0.05, 0) is 6.92 Å². The normalized spacial score (nSPS) is 26.9. The number of urea groups is 1. The lowest BCUT2D eigenvalue weighted by molar-refractivity contribution is 0.185. The molecule has 0 radical (unpaired) electrons. The molecule has 1 rings (SSSR count). The first kappa shape index (κ1) is 10.3. The average Bonchev–Trinajstić information content (AvgIpc) is 2.01. The van der Waals surface area contributed by atoms with Gasteiger partial charge in [-0.1, -0.05) is 0 Å². The molecule has 1 heterocycles. The molecule has 3 N–H and O–H groups in total. The van der Waals surface area contributed by atoms with Gasteiger partial charge in [-0.3, -0.25) is 5.43 Å². The van der Waals surface area contributed by atoms with Crippen molar-refractivity contribution in [2.45, 2.75) is 13.0 Å². The summed E-state index contributed by atoms with van der Waals surface area (Å²) < 4.78 is 22.3. The van der Waals surface area contributed by atoms with Crippen LogP contribution in [-0.4, -0.2) is 43.4 Å². The lowest BCUT2D eigenvalue weighted by atomic mass is 10.3. The Balaban J connectivity index is 2.69. The molecule has 2 amide bonds. The van der Waals surface area contributed by atoms with E-state index in [9.17, 15) is 13.2 Å². The van der Waals surface area contributed by atoms with Gasteiger partial charge >= 0.3 is 6.03 Å². The minimum atomic E-state index is -2.97. The molecule has 1 unspecified atom stereocenters. The van der Waals surface area contributed by atoms with Crippen molar-refractivity contribution in [3.8, 4) is 0 Å². The predicted molar refractivity (Wildman–Crippen MR) is 47.5 cm³/mol. The fourth-order valence-electron chi connectivity index (χ4n) is 1.38. The summed E-state index contributed by atoms with van der Waals surface area (Å²) in [5, 5.41) is 0. The molecular weight excluding hydrogens is 194 g/mol. The number of sulfone groups is 1. The molecule has 76 valence electrons. The summed E-state index contributed by atoms with van der Waals surface area (Å²) >= 11 is 0. The Morgan fingerprint density at radius 3 is 2.69 bits per heavy atom. The molecule has 0 aliphatic carbocycles. The van der Waals surface area contributed by atoms with E-state index in [0.29, 0.717) is 0 Å². The highest BCUT2D eigenvalue weighted by atomic mass is 32.2. The van der Waals surface area contributed by atoms with Crippen LogP contribution in [0.15, 0.2) is 0 Å². The van der Waals surface area contributed by atoms with Crippen molar-refractivity contribution in [2.75, 3.05) is 18.1 Å². The maximum Gasteiger partial charge on any atom is 0.331 e. The van der Waals surface area contributed by atoms with Gasteiger partial charge in [0.2, 0.25) is 0 Å². The van der Waals surface area contributed by atoms with E-state index in [1.807, 2.05) is 5.43 Å².